The summed E-state index contributed by atoms with van der Waals surface area (Å²) in [6, 6.07) is 13.9. The van der Waals surface area contributed by atoms with Crippen molar-refractivity contribution in [2.75, 3.05) is 18.0 Å². The molecule has 1 aliphatic heterocycles. The molecule has 0 aromatic heterocycles. The maximum atomic E-state index is 14.1. The van der Waals surface area contributed by atoms with Crippen LogP contribution in [0.3, 0.4) is 0 Å². The Morgan fingerprint density at radius 2 is 1.88 bits per heavy atom. The van der Waals surface area contributed by atoms with Crippen LogP contribution in [-0.2, 0) is 16.0 Å². The van der Waals surface area contributed by atoms with Crippen LogP contribution in [0.4, 0.5) is 10.1 Å². The van der Waals surface area contributed by atoms with Crippen molar-refractivity contribution in [3.05, 3.63) is 65.5 Å². The molecule has 26 heavy (non-hydrogen) atoms. The number of amides is 2. The summed E-state index contributed by atoms with van der Waals surface area (Å²) < 4.78 is 14.1. The Hall–Kier alpha value is -2.69. The molecule has 1 saturated heterocycles. The minimum atomic E-state index is -0.591. The smallest absolute Gasteiger partial charge is 0.249 e. The van der Waals surface area contributed by atoms with E-state index in [2.05, 4.69) is 0 Å². The Labute approximate surface area is 153 Å². The minimum absolute atomic E-state index is 0.0425. The van der Waals surface area contributed by atoms with Crippen molar-refractivity contribution >= 4 is 17.5 Å². The molecule has 1 unspecified atom stereocenters. The third-order valence-corrected chi connectivity index (χ3v) is 4.84. The zero-order valence-electron chi connectivity index (χ0n) is 15.1. The molecule has 0 radical (unpaired) electrons. The first-order chi connectivity index (χ1) is 12.5. The predicted molar refractivity (Wildman–Crippen MR) is 99.4 cm³/mol. The zero-order chi connectivity index (χ0) is 18.7. The lowest BCUT2D eigenvalue weighted by Gasteiger charge is -2.39. The normalized spacial score (nSPS) is 17.5. The van der Waals surface area contributed by atoms with Crippen LogP contribution in [0, 0.1) is 12.7 Å². The van der Waals surface area contributed by atoms with Crippen LogP contribution in [0.5, 0.6) is 0 Å². The second kappa shape index (κ2) is 7.68. The summed E-state index contributed by atoms with van der Waals surface area (Å²) in [7, 11) is 0. The maximum absolute atomic E-state index is 14.1. The van der Waals surface area contributed by atoms with Gasteiger partial charge in [0.2, 0.25) is 11.8 Å². The van der Waals surface area contributed by atoms with Crippen LogP contribution in [-0.4, -0.2) is 35.8 Å². The quantitative estimate of drug-likeness (QED) is 0.845. The Morgan fingerprint density at radius 3 is 2.62 bits per heavy atom. The first kappa shape index (κ1) is 18.1. The third-order valence-electron chi connectivity index (χ3n) is 4.84. The molecule has 0 bridgehead atoms. The van der Waals surface area contributed by atoms with Gasteiger partial charge in [0.05, 0.1) is 5.69 Å². The van der Waals surface area contributed by atoms with E-state index >= 15 is 0 Å². The molecule has 136 valence electrons. The van der Waals surface area contributed by atoms with Crippen molar-refractivity contribution < 1.29 is 14.0 Å². The molecular weight excluding hydrogens is 331 g/mol. The number of anilines is 1. The lowest BCUT2D eigenvalue weighted by atomic mass is 10.1. The SMILES string of the molecule is Cc1ccc(F)c(N2CCN(C(=O)CCc3ccccc3)C(C)C2=O)c1. The van der Waals surface area contributed by atoms with Gasteiger partial charge in [-0.1, -0.05) is 36.4 Å². The van der Waals surface area contributed by atoms with Gasteiger partial charge < -0.3 is 9.80 Å². The van der Waals surface area contributed by atoms with Crippen molar-refractivity contribution in [1.29, 1.82) is 0 Å². The number of hydrogen-bond acceptors (Lipinski definition) is 2. The Balaban J connectivity index is 1.67. The number of carbonyl (C=O) groups is 2. The Bertz CT molecular complexity index is 807. The highest BCUT2D eigenvalue weighted by Crippen LogP contribution is 2.25. The summed E-state index contributed by atoms with van der Waals surface area (Å²) in [4.78, 5) is 28.4. The van der Waals surface area contributed by atoms with Gasteiger partial charge in [0, 0.05) is 19.5 Å². The van der Waals surface area contributed by atoms with Gasteiger partial charge in [-0.15, -0.1) is 0 Å². The summed E-state index contributed by atoms with van der Waals surface area (Å²) >= 11 is 0. The van der Waals surface area contributed by atoms with E-state index in [1.165, 1.54) is 11.0 Å². The van der Waals surface area contributed by atoms with E-state index in [0.29, 0.717) is 31.6 Å². The fourth-order valence-electron chi connectivity index (χ4n) is 3.32. The second-order valence-corrected chi connectivity index (χ2v) is 6.69. The molecule has 4 nitrogen and oxygen atoms in total. The summed E-state index contributed by atoms with van der Waals surface area (Å²) in [6.07, 6.45) is 1.01. The van der Waals surface area contributed by atoms with E-state index in [9.17, 15) is 14.0 Å². The number of nitrogens with zero attached hydrogens (tertiary/aromatic N) is 2. The summed E-state index contributed by atoms with van der Waals surface area (Å²) in [6.45, 7) is 4.29. The molecule has 2 aromatic rings. The highest BCUT2D eigenvalue weighted by Gasteiger charge is 2.35. The number of rotatable bonds is 4. The van der Waals surface area contributed by atoms with Crippen LogP contribution >= 0.6 is 0 Å². The zero-order valence-corrected chi connectivity index (χ0v) is 15.1. The largest absolute Gasteiger partial charge is 0.329 e. The average Bonchev–Trinajstić information content (AvgIpc) is 2.65. The fourth-order valence-corrected chi connectivity index (χ4v) is 3.32. The van der Waals surface area contributed by atoms with E-state index in [-0.39, 0.29) is 11.8 Å². The van der Waals surface area contributed by atoms with E-state index in [1.807, 2.05) is 37.3 Å². The fraction of sp³-hybridized carbons (Fsp3) is 0.333. The van der Waals surface area contributed by atoms with E-state index in [1.54, 1.807) is 24.0 Å². The first-order valence-electron chi connectivity index (χ1n) is 8.88. The molecule has 3 rings (SSSR count). The summed E-state index contributed by atoms with van der Waals surface area (Å²) in [5, 5.41) is 0. The molecule has 1 atom stereocenters. The van der Waals surface area contributed by atoms with Crippen LogP contribution < -0.4 is 4.90 Å². The molecule has 2 amide bonds. The summed E-state index contributed by atoms with van der Waals surface area (Å²) in [5.41, 5.74) is 2.28. The highest BCUT2D eigenvalue weighted by molar-refractivity contribution is 6.00. The number of halogens is 1. The highest BCUT2D eigenvalue weighted by atomic mass is 19.1. The number of carbonyl (C=O) groups excluding carboxylic acids is 2. The summed E-state index contributed by atoms with van der Waals surface area (Å²) in [5.74, 6) is -0.701. The standard InChI is InChI=1S/C21H23FN2O2/c1-15-8-10-18(22)19(14-15)24-13-12-23(16(2)21(24)26)20(25)11-9-17-6-4-3-5-7-17/h3-8,10,14,16H,9,11-13H2,1-2H3. The van der Waals surface area contributed by atoms with Crippen molar-refractivity contribution in [1.82, 2.24) is 4.90 Å². The van der Waals surface area contributed by atoms with Gasteiger partial charge in [0.1, 0.15) is 11.9 Å². The molecule has 0 saturated carbocycles. The molecule has 0 N–H and O–H groups in total. The van der Waals surface area contributed by atoms with Crippen LogP contribution in [0.25, 0.3) is 0 Å². The minimum Gasteiger partial charge on any atom is -0.329 e. The number of benzene rings is 2. The van der Waals surface area contributed by atoms with Gasteiger partial charge in [0.25, 0.3) is 0 Å². The molecule has 1 aliphatic rings. The Kier molecular flexibility index (Phi) is 5.35. The van der Waals surface area contributed by atoms with Crippen molar-refractivity contribution in [2.45, 2.75) is 32.7 Å². The van der Waals surface area contributed by atoms with Crippen molar-refractivity contribution in [3.8, 4) is 0 Å². The van der Waals surface area contributed by atoms with E-state index in [0.717, 1.165) is 11.1 Å². The monoisotopic (exact) mass is 354 g/mol. The molecule has 0 spiro atoms. The number of hydrogen-bond donors (Lipinski definition) is 0. The maximum Gasteiger partial charge on any atom is 0.249 e. The number of piperazine rings is 1. The van der Waals surface area contributed by atoms with E-state index < -0.39 is 11.9 Å². The molecule has 1 heterocycles. The lowest BCUT2D eigenvalue weighted by molar-refractivity contribution is -0.140. The van der Waals surface area contributed by atoms with Crippen LogP contribution in [0.2, 0.25) is 0 Å². The van der Waals surface area contributed by atoms with Gasteiger partial charge in [0.15, 0.2) is 0 Å². The molecule has 5 heteroatoms. The first-order valence-corrected chi connectivity index (χ1v) is 8.88. The lowest BCUT2D eigenvalue weighted by Crippen LogP contribution is -2.58. The molecule has 1 fully saturated rings. The van der Waals surface area contributed by atoms with Gasteiger partial charge in [-0.3, -0.25) is 9.59 Å². The Morgan fingerprint density at radius 1 is 1.15 bits per heavy atom. The second-order valence-electron chi connectivity index (χ2n) is 6.69. The molecular formula is C21H23FN2O2. The van der Waals surface area contributed by atoms with Gasteiger partial charge in [-0.05, 0) is 43.5 Å². The van der Waals surface area contributed by atoms with Crippen molar-refractivity contribution in [3.63, 3.8) is 0 Å². The van der Waals surface area contributed by atoms with Crippen LogP contribution in [0.15, 0.2) is 48.5 Å². The van der Waals surface area contributed by atoms with E-state index in [4.69, 9.17) is 0 Å². The third kappa shape index (κ3) is 3.77. The topological polar surface area (TPSA) is 40.6 Å². The molecule has 2 aromatic carbocycles. The number of aryl methyl sites for hydroxylation is 2. The predicted octanol–water partition coefficient (Wildman–Crippen LogP) is 3.33. The average molecular weight is 354 g/mol. The van der Waals surface area contributed by atoms with Gasteiger partial charge in [-0.25, -0.2) is 4.39 Å². The van der Waals surface area contributed by atoms with Crippen molar-refractivity contribution in [2.24, 2.45) is 0 Å². The van der Waals surface area contributed by atoms with Gasteiger partial charge in [-0.2, -0.15) is 0 Å². The molecule has 0 aliphatic carbocycles. The van der Waals surface area contributed by atoms with Crippen LogP contribution in [0.1, 0.15) is 24.5 Å². The van der Waals surface area contributed by atoms with Gasteiger partial charge >= 0.3 is 0 Å².